The predicted molar refractivity (Wildman–Crippen MR) is 87.4 cm³/mol. The van der Waals surface area contributed by atoms with E-state index >= 15 is 0 Å². The van der Waals surface area contributed by atoms with Gasteiger partial charge in [-0.1, -0.05) is 12.8 Å². The van der Waals surface area contributed by atoms with E-state index in [9.17, 15) is 24.0 Å². The van der Waals surface area contributed by atoms with Gasteiger partial charge < -0.3 is 9.15 Å². The van der Waals surface area contributed by atoms with Gasteiger partial charge in [0.05, 0.1) is 18.1 Å². The highest BCUT2D eigenvalue weighted by Crippen LogP contribution is 2.37. The lowest BCUT2D eigenvalue weighted by Crippen LogP contribution is -2.44. The van der Waals surface area contributed by atoms with Crippen molar-refractivity contribution in [3.05, 3.63) is 24.2 Å². The predicted octanol–water partition coefficient (Wildman–Crippen LogP) is -0.241. The summed E-state index contributed by atoms with van der Waals surface area (Å²) in [6.07, 6.45) is 4.39. The molecular formula is C17H19N3O7. The van der Waals surface area contributed by atoms with Crippen LogP contribution in [0.2, 0.25) is 0 Å². The molecule has 144 valence electrons. The maximum absolute atomic E-state index is 12.3. The van der Waals surface area contributed by atoms with Crippen LogP contribution < -0.4 is 10.9 Å². The molecule has 0 radical (unpaired) electrons. The van der Waals surface area contributed by atoms with E-state index < -0.39 is 30.9 Å². The van der Waals surface area contributed by atoms with Gasteiger partial charge in [0.2, 0.25) is 11.8 Å². The Kier molecular flexibility index (Phi) is 5.53. The zero-order valence-corrected chi connectivity index (χ0v) is 14.4. The van der Waals surface area contributed by atoms with E-state index in [2.05, 4.69) is 10.9 Å². The van der Waals surface area contributed by atoms with Crippen molar-refractivity contribution in [2.24, 2.45) is 11.8 Å². The number of hydrogen-bond acceptors (Lipinski definition) is 7. The fourth-order valence-corrected chi connectivity index (χ4v) is 3.34. The topological polar surface area (TPSA) is 135 Å². The highest BCUT2D eigenvalue weighted by molar-refractivity contribution is 6.07. The average Bonchev–Trinajstić information content (AvgIpc) is 3.29. The SMILES string of the molecule is O=C(COC(=O)CN1C(=O)[C@@H]2CCCC[C@H]2C1=O)NNC(=O)c1ccco1. The van der Waals surface area contributed by atoms with Crippen LogP contribution in [-0.2, 0) is 23.9 Å². The molecule has 10 heteroatoms. The molecule has 2 N–H and O–H groups in total. The molecule has 2 aliphatic rings. The van der Waals surface area contributed by atoms with Crippen LogP contribution in [0.1, 0.15) is 36.2 Å². The number of nitrogens with one attached hydrogen (secondary N) is 2. The molecule has 2 heterocycles. The second kappa shape index (κ2) is 8.02. The van der Waals surface area contributed by atoms with Crippen molar-refractivity contribution >= 4 is 29.6 Å². The van der Waals surface area contributed by atoms with Crippen molar-refractivity contribution in [1.29, 1.82) is 0 Å². The van der Waals surface area contributed by atoms with Crippen molar-refractivity contribution in [2.75, 3.05) is 13.2 Å². The number of imide groups is 1. The summed E-state index contributed by atoms with van der Waals surface area (Å²) in [4.78, 5) is 60.5. The van der Waals surface area contributed by atoms with Crippen LogP contribution in [0.4, 0.5) is 0 Å². The molecule has 0 unspecified atom stereocenters. The summed E-state index contributed by atoms with van der Waals surface area (Å²) in [6, 6.07) is 2.92. The summed E-state index contributed by atoms with van der Waals surface area (Å²) < 4.78 is 9.61. The lowest BCUT2D eigenvalue weighted by Gasteiger charge is -2.19. The van der Waals surface area contributed by atoms with E-state index in [1.807, 2.05) is 0 Å². The van der Waals surface area contributed by atoms with Gasteiger partial charge in [0.15, 0.2) is 12.4 Å². The van der Waals surface area contributed by atoms with Gasteiger partial charge in [-0.15, -0.1) is 0 Å². The molecular weight excluding hydrogens is 358 g/mol. The van der Waals surface area contributed by atoms with E-state index in [-0.39, 0.29) is 29.4 Å². The van der Waals surface area contributed by atoms with E-state index in [1.54, 1.807) is 0 Å². The van der Waals surface area contributed by atoms with E-state index in [1.165, 1.54) is 18.4 Å². The molecule has 0 bridgehead atoms. The normalized spacial score (nSPS) is 21.6. The van der Waals surface area contributed by atoms with E-state index in [4.69, 9.17) is 9.15 Å². The van der Waals surface area contributed by atoms with E-state index in [0.29, 0.717) is 12.8 Å². The number of likely N-dealkylation sites (tertiary alicyclic amines) is 1. The second-order valence-electron chi connectivity index (χ2n) is 6.40. The van der Waals surface area contributed by atoms with Crippen LogP contribution in [-0.4, -0.2) is 47.6 Å². The lowest BCUT2D eigenvalue weighted by atomic mass is 9.81. The number of carbonyl (C=O) groups is 5. The van der Waals surface area contributed by atoms with Crippen molar-refractivity contribution < 1.29 is 33.1 Å². The summed E-state index contributed by atoms with van der Waals surface area (Å²) in [7, 11) is 0. The van der Waals surface area contributed by atoms with Crippen molar-refractivity contribution in [1.82, 2.24) is 15.8 Å². The molecule has 1 saturated heterocycles. The first-order chi connectivity index (χ1) is 13.0. The lowest BCUT2D eigenvalue weighted by molar-refractivity contribution is -0.155. The number of hydrogen-bond donors (Lipinski definition) is 2. The average molecular weight is 377 g/mol. The number of amides is 4. The number of fused-ring (bicyclic) bond motifs is 1. The van der Waals surface area contributed by atoms with Gasteiger partial charge in [-0.05, 0) is 25.0 Å². The quantitative estimate of drug-likeness (QED) is 0.411. The molecule has 3 rings (SSSR count). The number of nitrogens with zero attached hydrogens (tertiary/aromatic N) is 1. The summed E-state index contributed by atoms with van der Waals surface area (Å²) in [5.41, 5.74) is 4.14. The first-order valence-corrected chi connectivity index (χ1v) is 8.61. The molecule has 1 aliphatic carbocycles. The molecule has 1 saturated carbocycles. The monoisotopic (exact) mass is 377 g/mol. The highest BCUT2D eigenvalue weighted by atomic mass is 16.5. The number of esters is 1. The Labute approximate surface area is 154 Å². The van der Waals surface area contributed by atoms with Crippen molar-refractivity contribution in [2.45, 2.75) is 25.7 Å². The molecule has 1 aromatic rings. The highest BCUT2D eigenvalue weighted by Gasteiger charge is 2.48. The van der Waals surface area contributed by atoms with Gasteiger partial charge in [-0.2, -0.15) is 0 Å². The number of furan rings is 1. The Hall–Kier alpha value is -3.17. The largest absolute Gasteiger partial charge is 0.459 e. The van der Waals surface area contributed by atoms with Gasteiger partial charge in [0.25, 0.3) is 5.91 Å². The van der Waals surface area contributed by atoms with Crippen molar-refractivity contribution in [3.8, 4) is 0 Å². The third-order valence-electron chi connectivity index (χ3n) is 4.64. The summed E-state index contributed by atoms with van der Waals surface area (Å²) in [6.45, 7) is -1.18. The zero-order valence-electron chi connectivity index (χ0n) is 14.4. The molecule has 1 aromatic heterocycles. The minimum absolute atomic E-state index is 0.000167. The van der Waals surface area contributed by atoms with Crippen LogP contribution in [0.5, 0.6) is 0 Å². The summed E-state index contributed by atoms with van der Waals surface area (Å²) in [5.74, 6) is -3.72. The maximum Gasteiger partial charge on any atom is 0.326 e. The van der Waals surface area contributed by atoms with Gasteiger partial charge in [0, 0.05) is 0 Å². The summed E-state index contributed by atoms with van der Waals surface area (Å²) >= 11 is 0. The standard InChI is InChI=1S/C17H19N3O7/c21-13(18-19-15(23)12-6-3-7-26-12)9-27-14(22)8-20-16(24)10-4-1-2-5-11(10)17(20)25/h3,6-7,10-11H,1-2,4-5,8-9H2,(H,18,21)(H,19,23)/t10-,11-/m1/s1. The van der Waals surface area contributed by atoms with Gasteiger partial charge in [0.1, 0.15) is 6.54 Å². The third-order valence-corrected chi connectivity index (χ3v) is 4.64. The van der Waals surface area contributed by atoms with E-state index in [0.717, 1.165) is 17.7 Å². The van der Waals surface area contributed by atoms with Crippen LogP contribution >= 0.6 is 0 Å². The number of rotatable bonds is 5. The maximum atomic E-state index is 12.3. The molecule has 2 fully saturated rings. The molecule has 2 atom stereocenters. The molecule has 1 aliphatic heterocycles. The first-order valence-electron chi connectivity index (χ1n) is 8.61. The Bertz CT molecular complexity index is 735. The number of hydrazine groups is 1. The third kappa shape index (κ3) is 4.15. The first kappa shape index (κ1) is 18.6. The smallest absolute Gasteiger partial charge is 0.326 e. The van der Waals surface area contributed by atoms with Crippen LogP contribution in [0.15, 0.2) is 22.8 Å². The van der Waals surface area contributed by atoms with Crippen LogP contribution in [0, 0.1) is 11.8 Å². The molecule has 0 aromatic carbocycles. The van der Waals surface area contributed by atoms with Crippen LogP contribution in [0.3, 0.4) is 0 Å². The summed E-state index contributed by atoms with van der Waals surface area (Å²) in [5, 5.41) is 0. The molecule has 27 heavy (non-hydrogen) atoms. The number of ether oxygens (including phenoxy) is 1. The second-order valence-corrected chi connectivity index (χ2v) is 6.40. The number of carbonyl (C=O) groups excluding carboxylic acids is 5. The van der Waals surface area contributed by atoms with Gasteiger partial charge in [-0.3, -0.25) is 39.7 Å². The van der Waals surface area contributed by atoms with Gasteiger partial charge >= 0.3 is 11.9 Å². The fourth-order valence-electron chi connectivity index (χ4n) is 3.34. The fraction of sp³-hybridized carbons (Fsp3) is 0.471. The Morgan fingerprint density at radius 2 is 1.78 bits per heavy atom. The zero-order chi connectivity index (χ0) is 19.4. The minimum Gasteiger partial charge on any atom is -0.459 e. The Morgan fingerprint density at radius 3 is 2.37 bits per heavy atom. The van der Waals surface area contributed by atoms with Crippen molar-refractivity contribution in [3.63, 3.8) is 0 Å². The minimum atomic E-state index is -0.872. The molecule has 10 nitrogen and oxygen atoms in total. The Morgan fingerprint density at radius 1 is 1.11 bits per heavy atom. The van der Waals surface area contributed by atoms with Crippen LogP contribution in [0.25, 0.3) is 0 Å². The molecule has 4 amide bonds. The van der Waals surface area contributed by atoms with Gasteiger partial charge in [-0.25, -0.2) is 0 Å². The Balaban J connectivity index is 1.41. The molecule has 0 spiro atoms.